The molecule has 0 aliphatic carbocycles. The number of methoxy groups -OCH3 is 1. The van der Waals surface area contributed by atoms with Crippen molar-refractivity contribution in [3.8, 4) is 11.8 Å². The van der Waals surface area contributed by atoms with Crippen LogP contribution in [0.3, 0.4) is 0 Å². The molecule has 2 aromatic rings. The van der Waals surface area contributed by atoms with E-state index in [0.717, 1.165) is 15.8 Å². The molecule has 2 aromatic carbocycles. The maximum Gasteiger partial charge on any atom is 0.137 e. The van der Waals surface area contributed by atoms with Crippen molar-refractivity contribution in [2.45, 2.75) is 0 Å². The number of nitriles is 1. The minimum absolute atomic E-state index is 0.531. The smallest absolute Gasteiger partial charge is 0.137 e. The average Bonchev–Trinajstić information content (AvgIpc) is 2.38. The van der Waals surface area contributed by atoms with Crippen LogP contribution in [-0.4, -0.2) is 7.11 Å². The van der Waals surface area contributed by atoms with Crippen LogP contribution in [0.2, 0.25) is 5.02 Å². The standard InChI is InChI=1S/C14H10BrClN2O/c1-19-14-3-2-11(7-13(14)16)18-12-5-9(8-17)4-10(15)6-12/h2-7,18H,1H3. The molecule has 96 valence electrons. The van der Waals surface area contributed by atoms with Gasteiger partial charge in [-0.25, -0.2) is 0 Å². The van der Waals surface area contributed by atoms with Gasteiger partial charge >= 0.3 is 0 Å². The Labute approximate surface area is 124 Å². The first-order chi connectivity index (χ1) is 9.12. The Morgan fingerprint density at radius 1 is 1.21 bits per heavy atom. The van der Waals surface area contributed by atoms with Gasteiger partial charge in [-0.3, -0.25) is 0 Å². The highest BCUT2D eigenvalue weighted by Crippen LogP contribution is 2.29. The lowest BCUT2D eigenvalue weighted by atomic mass is 10.2. The maximum absolute atomic E-state index is 8.93. The summed E-state index contributed by atoms with van der Waals surface area (Å²) < 4.78 is 5.94. The van der Waals surface area contributed by atoms with Gasteiger partial charge in [0.25, 0.3) is 0 Å². The molecular formula is C14H10BrClN2O. The van der Waals surface area contributed by atoms with E-state index in [0.29, 0.717) is 16.3 Å². The molecule has 0 radical (unpaired) electrons. The summed E-state index contributed by atoms with van der Waals surface area (Å²) in [7, 11) is 1.57. The van der Waals surface area contributed by atoms with E-state index in [1.807, 2.05) is 12.1 Å². The monoisotopic (exact) mass is 336 g/mol. The Kier molecular flexibility index (Phi) is 4.31. The lowest BCUT2D eigenvalue weighted by Crippen LogP contribution is -1.92. The molecule has 0 saturated heterocycles. The van der Waals surface area contributed by atoms with E-state index in [1.54, 1.807) is 31.4 Å². The minimum Gasteiger partial charge on any atom is -0.495 e. The number of hydrogen-bond donors (Lipinski definition) is 1. The van der Waals surface area contributed by atoms with Crippen LogP contribution in [0, 0.1) is 11.3 Å². The summed E-state index contributed by atoms with van der Waals surface area (Å²) in [6.07, 6.45) is 0. The van der Waals surface area contributed by atoms with E-state index in [2.05, 4.69) is 27.3 Å². The molecule has 0 spiro atoms. The molecule has 1 N–H and O–H groups in total. The van der Waals surface area contributed by atoms with Crippen LogP contribution < -0.4 is 10.1 Å². The van der Waals surface area contributed by atoms with Crippen LogP contribution in [0.5, 0.6) is 5.75 Å². The lowest BCUT2D eigenvalue weighted by Gasteiger charge is -2.09. The molecule has 0 aliphatic rings. The van der Waals surface area contributed by atoms with E-state index in [1.165, 1.54) is 0 Å². The lowest BCUT2D eigenvalue weighted by molar-refractivity contribution is 0.415. The first kappa shape index (κ1) is 13.7. The van der Waals surface area contributed by atoms with Crippen molar-refractivity contribution in [3.63, 3.8) is 0 Å². The molecule has 0 heterocycles. The Bertz CT molecular complexity index is 652. The van der Waals surface area contributed by atoms with Gasteiger partial charge in [0.2, 0.25) is 0 Å². The summed E-state index contributed by atoms with van der Waals surface area (Å²) in [5.41, 5.74) is 2.22. The summed E-state index contributed by atoms with van der Waals surface area (Å²) in [5.74, 6) is 0.624. The minimum atomic E-state index is 0.531. The summed E-state index contributed by atoms with van der Waals surface area (Å²) >= 11 is 9.43. The Balaban J connectivity index is 2.29. The van der Waals surface area contributed by atoms with Crippen molar-refractivity contribution >= 4 is 38.9 Å². The van der Waals surface area contributed by atoms with E-state index >= 15 is 0 Å². The van der Waals surface area contributed by atoms with Crippen molar-refractivity contribution in [3.05, 3.63) is 51.5 Å². The zero-order valence-corrected chi connectivity index (χ0v) is 12.4. The maximum atomic E-state index is 8.93. The highest BCUT2D eigenvalue weighted by molar-refractivity contribution is 9.10. The van der Waals surface area contributed by atoms with E-state index < -0.39 is 0 Å². The first-order valence-corrected chi connectivity index (χ1v) is 6.60. The molecular weight excluding hydrogens is 328 g/mol. The van der Waals surface area contributed by atoms with Gasteiger partial charge in [0.05, 0.1) is 23.8 Å². The largest absolute Gasteiger partial charge is 0.495 e. The van der Waals surface area contributed by atoms with Crippen LogP contribution in [0.4, 0.5) is 11.4 Å². The number of benzene rings is 2. The highest BCUT2D eigenvalue weighted by atomic mass is 79.9. The fourth-order valence-electron chi connectivity index (χ4n) is 1.64. The third-order valence-electron chi connectivity index (χ3n) is 2.47. The van der Waals surface area contributed by atoms with Crippen LogP contribution >= 0.6 is 27.5 Å². The van der Waals surface area contributed by atoms with Gasteiger partial charge in [-0.05, 0) is 36.4 Å². The molecule has 0 atom stereocenters. The third kappa shape index (κ3) is 3.40. The first-order valence-electron chi connectivity index (χ1n) is 5.43. The van der Waals surface area contributed by atoms with Gasteiger partial charge in [0, 0.05) is 15.8 Å². The van der Waals surface area contributed by atoms with Crippen molar-refractivity contribution in [1.29, 1.82) is 5.26 Å². The zero-order chi connectivity index (χ0) is 13.8. The summed E-state index contributed by atoms with van der Waals surface area (Å²) in [4.78, 5) is 0. The fraction of sp³-hybridized carbons (Fsp3) is 0.0714. The van der Waals surface area contributed by atoms with Crippen molar-refractivity contribution < 1.29 is 4.74 Å². The predicted octanol–water partition coefficient (Wildman–Crippen LogP) is 4.73. The van der Waals surface area contributed by atoms with Gasteiger partial charge in [-0.15, -0.1) is 0 Å². The van der Waals surface area contributed by atoms with Crippen LogP contribution in [0.25, 0.3) is 0 Å². The van der Waals surface area contributed by atoms with Crippen molar-refractivity contribution in [2.75, 3.05) is 12.4 Å². The van der Waals surface area contributed by atoms with Gasteiger partial charge in [0.1, 0.15) is 5.75 Å². The summed E-state index contributed by atoms with van der Waals surface area (Å²) in [6.45, 7) is 0. The molecule has 5 heteroatoms. The molecule has 3 nitrogen and oxygen atoms in total. The predicted molar refractivity (Wildman–Crippen MR) is 80.1 cm³/mol. The van der Waals surface area contributed by atoms with E-state index in [4.69, 9.17) is 21.6 Å². The fourth-order valence-corrected chi connectivity index (χ4v) is 2.39. The Morgan fingerprint density at radius 2 is 2.00 bits per heavy atom. The number of rotatable bonds is 3. The molecule has 0 aromatic heterocycles. The molecule has 0 amide bonds. The summed E-state index contributed by atoms with van der Waals surface area (Å²) in [6, 6.07) is 12.9. The number of nitrogens with zero attached hydrogens (tertiary/aromatic N) is 1. The molecule has 0 bridgehead atoms. The van der Waals surface area contributed by atoms with E-state index in [-0.39, 0.29) is 0 Å². The Hall–Kier alpha value is -1.70. The van der Waals surface area contributed by atoms with Crippen LogP contribution in [0.15, 0.2) is 40.9 Å². The number of ether oxygens (including phenoxy) is 1. The SMILES string of the molecule is COc1ccc(Nc2cc(Br)cc(C#N)c2)cc1Cl. The van der Waals surface area contributed by atoms with Gasteiger partial charge in [-0.1, -0.05) is 27.5 Å². The van der Waals surface area contributed by atoms with Crippen molar-refractivity contribution in [2.24, 2.45) is 0 Å². The van der Waals surface area contributed by atoms with Crippen LogP contribution in [-0.2, 0) is 0 Å². The number of nitrogens with one attached hydrogen (secondary N) is 1. The van der Waals surface area contributed by atoms with Gasteiger partial charge < -0.3 is 10.1 Å². The molecule has 0 unspecified atom stereocenters. The van der Waals surface area contributed by atoms with Gasteiger partial charge in [-0.2, -0.15) is 5.26 Å². The van der Waals surface area contributed by atoms with Crippen LogP contribution in [0.1, 0.15) is 5.56 Å². The molecule has 0 aliphatic heterocycles. The second-order valence-electron chi connectivity index (χ2n) is 3.81. The quantitative estimate of drug-likeness (QED) is 0.881. The topological polar surface area (TPSA) is 45.0 Å². The average molecular weight is 338 g/mol. The van der Waals surface area contributed by atoms with E-state index in [9.17, 15) is 0 Å². The second-order valence-corrected chi connectivity index (χ2v) is 5.14. The van der Waals surface area contributed by atoms with Gasteiger partial charge in [0.15, 0.2) is 0 Å². The number of hydrogen-bond acceptors (Lipinski definition) is 3. The highest BCUT2D eigenvalue weighted by Gasteiger charge is 2.03. The molecule has 2 rings (SSSR count). The Morgan fingerprint density at radius 3 is 2.63 bits per heavy atom. The number of anilines is 2. The van der Waals surface area contributed by atoms with Crippen molar-refractivity contribution in [1.82, 2.24) is 0 Å². The molecule has 0 fully saturated rings. The molecule has 19 heavy (non-hydrogen) atoms. The third-order valence-corrected chi connectivity index (χ3v) is 3.22. The summed E-state index contributed by atoms with van der Waals surface area (Å²) in [5, 5.41) is 12.6. The molecule has 0 saturated carbocycles. The number of halogens is 2. The zero-order valence-electron chi connectivity index (χ0n) is 10.1. The normalized spacial score (nSPS) is 9.79. The second kappa shape index (κ2) is 5.96.